The monoisotopic (exact) mass is 273 g/mol. The fraction of sp³-hybridized carbons (Fsp3) is 0.286. The van der Waals surface area contributed by atoms with E-state index in [2.05, 4.69) is 9.97 Å². The highest BCUT2D eigenvalue weighted by Gasteiger charge is 2.12. The zero-order chi connectivity index (χ0) is 14.7. The third kappa shape index (κ3) is 2.59. The van der Waals surface area contributed by atoms with Gasteiger partial charge in [-0.15, -0.1) is 0 Å². The highest BCUT2D eigenvalue weighted by Crippen LogP contribution is 2.06. The Labute approximate surface area is 115 Å². The van der Waals surface area contributed by atoms with Crippen LogP contribution < -0.4 is 11.2 Å². The summed E-state index contributed by atoms with van der Waals surface area (Å²) >= 11 is 0. The standard InChI is InChI=1S/C14H15N3O3/c1-3-10-5-4-6-15-12(10)8-17-13(19)11(9(2)18)7-16-14(17)20/h4-7H,3,8H2,1-2H3,(H,16,20). The zero-order valence-electron chi connectivity index (χ0n) is 11.3. The van der Waals surface area contributed by atoms with Crippen molar-refractivity contribution >= 4 is 5.78 Å². The molecule has 0 bridgehead atoms. The number of carbonyl (C=O) groups excluding carboxylic acids is 1. The lowest BCUT2D eigenvalue weighted by Crippen LogP contribution is -2.38. The van der Waals surface area contributed by atoms with E-state index in [9.17, 15) is 14.4 Å². The van der Waals surface area contributed by atoms with E-state index in [1.165, 1.54) is 6.92 Å². The topological polar surface area (TPSA) is 84.8 Å². The molecule has 0 radical (unpaired) electrons. The maximum atomic E-state index is 12.1. The van der Waals surface area contributed by atoms with Gasteiger partial charge < -0.3 is 4.98 Å². The molecule has 0 aliphatic carbocycles. The molecule has 0 saturated heterocycles. The molecule has 2 rings (SSSR count). The summed E-state index contributed by atoms with van der Waals surface area (Å²) < 4.78 is 0.998. The summed E-state index contributed by atoms with van der Waals surface area (Å²) in [6.07, 6.45) is 3.52. The Morgan fingerprint density at radius 3 is 2.80 bits per heavy atom. The number of Topliss-reactive ketones (excluding diaryl/α,β-unsaturated/α-hetero) is 1. The van der Waals surface area contributed by atoms with Gasteiger partial charge in [0.25, 0.3) is 5.56 Å². The van der Waals surface area contributed by atoms with Crippen molar-refractivity contribution in [3.05, 3.63) is 62.2 Å². The highest BCUT2D eigenvalue weighted by molar-refractivity contribution is 5.93. The largest absolute Gasteiger partial charge is 0.328 e. The van der Waals surface area contributed by atoms with Crippen molar-refractivity contribution in [3.63, 3.8) is 0 Å². The predicted octanol–water partition coefficient (Wildman–Crippen LogP) is 0.745. The molecule has 2 heterocycles. The van der Waals surface area contributed by atoms with Gasteiger partial charge in [0, 0.05) is 12.4 Å². The number of ketones is 1. The van der Waals surface area contributed by atoms with Crippen LogP contribution in [0.25, 0.3) is 0 Å². The summed E-state index contributed by atoms with van der Waals surface area (Å²) in [5, 5.41) is 0. The molecule has 0 aliphatic rings. The molecular formula is C14H15N3O3. The maximum absolute atomic E-state index is 12.1. The van der Waals surface area contributed by atoms with E-state index in [1.54, 1.807) is 12.3 Å². The minimum absolute atomic E-state index is 0.0291. The van der Waals surface area contributed by atoms with E-state index in [-0.39, 0.29) is 17.9 Å². The average Bonchev–Trinajstić information content (AvgIpc) is 2.43. The number of hydrogen-bond acceptors (Lipinski definition) is 4. The van der Waals surface area contributed by atoms with E-state index >= 15 is 0 Å². The Morgan fingerprint density at radius 1 is 1.40 bits per heavy atom. The second-order valence-corrected chi connectivity index (χ2v) is 4.42. The molecule has 0 saturated carbocycles. The second kappa shape index (κ2) is 5.64. The highest BCUT2D eigenvalue weighted by atomic mass is 16.2. The third-order valence-electron chi connectivity index (χ3n) is 3.11. The average molecular weight is 273 g/mol. The molecule has 6 nitrogen and oxygen atoms in total. The van der Waals surface area contributed by atoms with Crippen LogP contribution in [-0.4, -0.2) is 20.3 Å². The Morgan fingerprint density at radius 2 is 2.15 bits per heavy atom. The van der Waals surface area contributed by atoms with Crippen LogP contribution in [0.2, 0.25) is 0 Å². The smallest absolute Gasteiger partial charge is 0.313 e. The number of rotatable bonds is 4. The van der Waals surface area contributed by atoms with Crippen LogP contribution in [0.5, 0.6) is 0 Å². The van der Waals surface area contributed by atoms with Gasteiger partial charge in [0.1, 0.15) is 0 Å². The lowest BCUT2D eigenvalue weighted by Gasteiger charge is -2.08. The van der Waals surface area contributed by atoms with E-state index < -0.39 is 11.2 Å². The molecule has 1 N–H and O–H groups in total. The van der Waals surface area contributed by atoms with Gasteiger partial charge in [0.15, 0.2) is 5.78 Å². The molecule has 2 aromatic rings. The van der Waals surface area contributed by atoms with E-state index in [0.29, 0.717) is 5.69 Å². The van der Waals surface area contributed by atoms with Gasteiger partial charge in [-0.25, -0.2) is 4.79 Å². The number of nitrogens with zero attached hydrogens (tertiary/aromatic N) is 2. The van der Waals surface area contributed by atoms with Crippen molar-refractivity contribution in [1.82, 2.24) is 14.5 Å². The van der Waals surface area contributed by atoms with Gasteiger partial charge >= 0.3 is 5.69 Å². The van der Waals surface area contributed by atoms with Gasteiger partial charge in [0.2, 0.25) is 0 Å². The molecule has 0 spiro atoms. The van der Waals surface area contributed by atoms with Crippen molar-refractivity contribution in [2.75, 3.05) is 0 Å². The number of aromatic nitrogens is 3. The SMILES string of the molecule is CCc1cccnc1Cn1c(=O)[nH]cc(C(C)=O)c1=O. The Balaban J connectivity index is 2.54. The van der Waals surface area contributed by atoms with E-state index in [1.807, 2.05) is 13.0 Å². The molecule has 6 heteroatoms. The van der Waals surface area contributed by atoms with Crippen molar-refractivity contribution in [3.8, 4) is 0 Å². The second-order valence-electron chi connectivity index (χ2n) is 4.42. The molecule has 0 aliphatic heterocycles. The van der Waals surface area contributed by atoms with Gasteiger partial charge in [-0.3, -0.25) is 19.1 Å². The van der Waals surface area contributed by atoms with Crippen LogP contribution in [0, 0.1) is 0 Å². The number of nitrogens with one attached hydrogen (secondary N) is 1. The van der Waals surface area contributed by atoms with Crippen LogP contribution in [-0.2, 0) is 13.0 Å². The molecule has 0 atom stereocenters. The summed E-state index contributed by atoms with van der Waals surface area (Å²) in [5.41, 5.74) is 0.454. The first-order chi connectivity index (χ1) is 9.54. The minimum atomic E-state index is -0.589. The first kappa shape index (κ1) is 13.9. The van der Waals surface area contributed by atoms with Crippen molar-refractivity contribution in [1.29, 1.82) is 0 Å². The fourth-order valence-corrected chi connectivity index (χ4v) is 1.99. The number of carbonyl (C=O) groups is 1. The first-order valence-electron chi connectivity index (χ1n) is 6.30. The lowest BCUT2D eigenvalue weighted by molar-refractivity contribution is 0.101. The van der Waals surface area contributed by atoms with Gasteiger partial charge in [-0.1, -0.05) is 13.0 Å². The van der Waals surface area contributed by atoms with Crippen LogP contribution in [0.3, 0.4) is 0 Å². The predicted molar refractivity (Wildman–Crippen MR) is 74.0 cm³/mol. The van der Waals surface area contributed by atoms with Gasteiger partial charge in [-0.05, 0) is 25.0 Å². The number of aryl methyl sites for hydroxylation is 1. The summed E-state index contributed by atoms with van der Waals surface area (Å²) in [7, 11) is 0. The molecule has 0 unspecified atom stereocenters. The van der Waals surface area contributed by atoms with Crippen LogP contribution in [0.4, 0.5) is 0 Å². The molecule has 104 valence electrons. The number of aromatic amines is 1. The molecule has 0 amide bonds. The van der Waals surface area contributed by atoms with E-state index in [4.69, 9.17) is 0 Å². The zero-order valence-corrected chi connectivity index (χ0v) is 11.3. The van der Waals surface area contributed by atoms with E-state index in [0.717, 1.165) is 22.7 Å². The fourth-order valence-electron chi connectivity index (χ4n) is 1.99. The van der Waals surface area contributed by atoms with Gasteiger partial charge in [-0.2, -0.15) is 0 Å². The van der Waals surface area contributed by atoms with Crippen LogP contribution in [0.1, 0.15) is 35.5 Å². The molecule has 20 heavy (non-hydrogen) atoms. The minimum Gasteiger partial charge on any atom is -0.313 e. The Hall–Kier alpha value is -2.50. The number of pyridine rings is 1. The molecule has 0 aromatic carbocycles. The summed E-state index contributed by atoms with van der Waals surface area (Å²) in [4.78, 5) is 41.9. The van der Waals surface area contributed by atoms with Crippen LogP contribution >= 0.6 is 0 Å². The summed E-state index contributed by atoms with van der Waals surface area (Å²) in [6.45, 7) is 3.32. The molecule has 2 aromatic heterocycles. The first-order valence-corrected chi connectivity index (χ1v) is 6.30. The van der Waals surface area contributed by atoms with Crippen molar-refractivity contribution in [2.24, 2.45) is 0 Å². The number of H-pyrrole nitrogens is 1. The normalized spacial score (nSPS) is 10.5. The summed E-state index contributed by atoms with van der Waals surface area (Å²) in [5.74, 6) is -0.378. The lowest BCUT2D eigenvalue weighted by atomic mass is 10.1. The maximum Gasteiger partial charge on any atom is 0.328 e. The van der Waals surface area contributed by atoms with Gasteiger partial charge in [0.05, 0.1) is 17.8 Å². The summed E-state index contributed by atoms with van der Waals surface area (Å²) in [6, 6.07) is 3.71. The van der Waals surface area contributed by atoms with Crippen molar-refractivity contribution in [2.45, 2.75) is 26.8 Å². The Bertz CT molecular complexity index is 759. The third-order valence-corrected chi connectivity index (χ3v) is 3.11. The Kier molecular flexibility index (Phi) is 3.93. The number of hydrogen-bond donors (Lipinski definition) is 1. The van der Waals surface area contributed by atoms with Crippen LogP contribution in [0.15, 0.2) is 34.1 Å². The quantitative estimate of drug-likeness (QED) is 0.833. The van der Waals surface area contributed by atoms with Crippen molar-refractivity contribution < 1.29 is 4.79 Å². The molecular weight excluding hydrogens is 258 g/mol. The molecule has 0 fully saturated rings.